The summed E-state index contributed by atoms with van der Waals surface area (Å²) in [7, 11) is 0. The van der Waals surface area contributed by atoms with Gasteiger partial charge in [0.15, 0.2) is 5.82 Å². The standard InChI is InChI=1S/C50H57ClF4N12O4/c51-35-18-37(56)59-42(39(35)50(53,54)55)43-40(52)41-34(21-57-43)44(66-24-30-1-2-31(25-66)58-30)62-47(61-41)71-27-49(7-8-49)26-64-11-9-48(10-12-64)19-28(20-48)22-63-13-15-65(16-14-63)32-3-4-33-29(17-32)23-67(46(33)70)36-5-6-38(68)60-45(36)69/h3-4,17-18,21,28,30-31,36,58H,1-2,5-16,19-20,22-27H2,(H2,56,59)(H,60,68,69)/t30?,31?,36-/m0/s1. The third kappa shape index (κ3) is 8.89. The molecule has 2 aliphatic carbocycles. The number of ether oxygens (including phenoxy) is 1. The van der Waals surface area contributed by atoms with Crippen molar-refractivity contribution < 1.29 is 36.7 Å². The predicted octanol–water partition coefficient (Wildman–Crippen LogP) is 5.66. The van der Waals surface area contributed by atoms with Gasteiger partial charge in [-0.2, -0.15) is 23.1 Å². The maximum absolute atomic E-state index is 16.7. The van der Waals surface area contributed by atoms with E-state index in [0.29, 0.717) is 55.4 Å². The average molecular weight is 1000 g/mol. The molecule has 4 N–H and O–H groups in total. The average Bonchev–Trinajstić information content (AvgIpc) is 3.90. The fraction of sp³-hybridized carbons (Fsp3) is 0.580. The lowest BCUT2D eigenvalue weighted by atomic mass is 9.57. The Bertz CT molecular complexity index is 2800. The molecule has 12 rings (SSSR count). The third-order valence-electron chi connectivity index (χ3n) is 16.8. The Kier molecular flexibility index (Phi) is 11.6. The second-order valence-electron chi connectivity index (χ2n) is 21.7. The number of carbonyl (C=O) groups excluding carboxylic acids is 3. The minimum absolute atomic E-state index is 0.0316. The van der Waals surface area contributed by atoms with E-state index < -0.39 is 45.9 Å². The number of hydrogen-bond acceptors (Lipinski definition) is 14. The van der Waals surface area contributed by atoms with Gasteiger partial charge in [-0.15, -0.1) is 0 Å². The largest absolute Gasteiger partial charge is 0.463 e. The van der Waals surface area contributed by atoms with Crippen LogP contribution in [-0.4, -0.2) is 143 Å². The Morgan fingerprint density at radius 2 is 1.62 bits per heavy atom. The highest BCUT2D eigenvalue weighted by Gasteiger charge is 2.50. The number of halogens is 5. The zero-order valence-electron chi connectivity index (χ0n) is 39.4. The predicted molar refractivity (Wildman–Crippen MR) is 256 cm³/mol. The number of imide groups is 1. The molecule has 3 aromatic heterocycles. The minimum Gasteiger partial charge on any atom is -0.463 e. The SMILES string of the molecule is Nc1cc(Cl)c(C(F)(F)F)c(-c2ncc3c(N4CC5CCC(C4)N5)nc(OCC4(CN5CCC6(CC5)CC(CN5CCN(c7ccc8c(c7)CN([C@H]7CCC(=O)NC7=O)C8=O)CC5)C6)CC4)nc3c2F)n1. The Hall–Kier alpha value is -5.44. The van der Waals surface area contributed by atoms with Gasteiger partial charge in [0.05, 0.1) is 17.0 Å². The number of pyridine rings is 2. The van der Waals surface area contributed by atoms with Crippen LogP contribution < -0.4 is 30.9 Å². The number of nitrogen functional groups attached to an aromatic ring is 1. The maximum atomic E-state index is 16.7. The van der Waals surface area contributed by atoms with Crippen molar-refractivity contribution in [1.29, 1.82) is 0 Å². The summed E-state index contributed by atoms with van der Waals surface area (Å²) in [4.78, 5) is 66.0. The van der Waals surface area contributed by atoms with E-state index in [9.17, 15) is 27.6 Å². The first-order chi connectivity index (χ1) is 34.1. The normalized spacial score (nSPS) is 25.5. The van der Waals surface area contributed by atoms with Crippen LogP contribution in [0.15, 0.2) is 30.5 Å². The molecule has 1 aromatic carbocycles. The summed E-state index contributed by atoms with van der Waals surface area (Å²) in [6.45, 7) is 9.76. The number of anilines is 3. The number of benzene rings is 1. The van der Waals surface area contributed by atoms with Crippen molar-refractivity contribution >= 4 is 57.5 Å². The number of piperazine rings is 2. The van der Waals surface area contributed by atoms with Gasteiger partial charge in [-0.1, -0.05) is 11.6 Å². The third-order valence-corrected chi connectivity index (χ3v) is 17.1. The lowest BCUT2D eigenvalue weighted by Gasteiger charge is -2.54. The zero-order chi connectivity index (χ0) is 49.0. The van der Waals surface area contributed by atoms with E-state index in [1.54, 1.807) is 4.90 Å². The number of fused-ring (bicyclic) bond motifs is 4. The van der Waals surface area contributed by atoms with Crippen LogP contribution in [0.4, 0.5) is 34.9 Å². The van der Waals surface area contributed by atoms with Gasteiger partial charge >= 0.3 is 12.2 Å². The van der Waals surface area contributed by atoms with E-state index in [2.05, 4.69) is 51.3 Å². The van der Waals surface area contributed by atoms with E-state index >= 15 is 4.39 Å². The monoisotopic (exact) mass is 1000 g/mol. The van der Waals surface area contributed by atoms with Crippen LogP contribution in [0, 0.1) is 22.6 Å². The molecule has 6 aliphatic heterocycles. The lowest BCUT2D eigenvalue weighted by Crippen LogP contribution is -2.53. The Labute approximate surface area is 413 Å². The fourth-order valence-corrected chi connectivity index (χ4v) is 13.2. The van der Waals surface area contributed by atoms with Crippen LogP contribution in [0.5, 0.6) is 6.01 Å². The number of amides is 3. The van der Waals surface area contributed by atoms with Crippen LogP contribution in [0.3, 0.4) is 0 Å². The second-order valence-corrected chi connectivity index (χ2v) is 22.1. The number of carbonyl (C=O) groups is 3. The molecule has 3 amide bonds. The molecular formula is C50H57ClF4N12O4. The summed E-state index contributed by atoms with van der Waals surface area (Å²) in [6, 6.07) is 6.68. The number of alkyl halides is 3. The fourth-order valence-electron chi connectivity index (χ4n) is 12.9. The van der Waals surface area contributed by atoms with E-state index in [1.165, 1.54) is 31.9 Å². The van der Waals surface area contributed by atoms with Crippen LogP contribution in [0.25, 0.3) is 22.3 Å². The molecule has 1 spiro atoms. The lowest BCUT2D eigenvalue weighted by molar-refractivity contribution is -0.138. The molecule has 2 bridgehead atoms. The van der Waals surface area contributed by atoms with Crippen molar-refractivity contribution in [2.75, 3.05) is 87.6 Å². The first kappa shape index (κ1) is 46.6. The summed E-state index contributed by atoms with van der Waals surface area (Å²) in [5.74, 6) is -1.12. The Morgan fingerprint density at radius 3 is 2.32 bits per heavy atom. The zero-order valence-corrected chi connectivity index (χ0v) is 40.1. The van der Waals surface area contributed by atoms with Crippen LogP contribution >= 0.6 is 11.6 Å². The van der Waals surface area contributed by atoms with Crippen molar-refractivity contribution in [2.45, 2.75) is 95.1 Å². The molecule has 0 radical (unpaired) electrons. The maximum Gasteiger partial charge on any atom is 0.420 e. The van der Waals surface area contributed by atoms with Crippen molar-refractivity contribution in [2.24, 2.45) is 16.7 Å². The van der Waals surface area contributed by atoms with Crippen molar-refractivity contribution in [3.63, 3.8) is 0 Å². The number of nitrogens with one attached hydrogen (secondary N) is 2. The molecule has 21 heteroatoms. The Morgan fingerprint density at radius 1 is 0.873 bits per heavy atom. The molecule has 9 heterocycles. The second kappa shape index (κ2) is 17.7. The molecule has 16 nitrogen and oxygen atoms in total. The molecule has 3 atom stereocenters. The van der Waals surface area contributed by atoms with Gasteiger partial charge in [0, 0.05) is 100 Å². The van der Waals surface area contributed by atoms with Gasteiger partial charge in [0.25, 0.3) is 5.91 Å². The molecule has 5 saturated heterocycles. The van der Waals surface area contributed by atoms with E-state index in [0.717, 1.165) is 95.4 Å². The molecule has 2 unspecified atom stereocenters. The summed E-state index contributed by atoms with van der Waals surface area (Å²) in [6.07, 6.45) is 5.71. The van der Waals surface area contributed by atoms with Crippen LogP contribution in [0.1, 0.15) is 85.7 Å². The van der Waals surface area contributed by atoms with Gasteiger partial charge in [0.2, 0.25) is 11.8 Å². The topological polar surface area (TPSA) is 178 Å². The van der Waals surface area contributed by atoms with Crippen LogP contribution in [-0.2, 0) is 22.3 Å². The molecule has 2 saturated carbocycles. The van der Waals surface area contributed by atoms with Gasteiger partial charge in [-0.25, -0.2) is 9.37 Å². The summed E-state index contributed by atoms with van der Waals surface area (Å²) < 4.78 is 66.0. The molecule has 376 valence electrons. The number of aromatic nitrogens is 4. The molecule has 4 aromatic rings. The van der Waals surface area contributed by atoms with E-state index in [4.69, 9.17) is 27.1 Å². The van der Waals surface area contributed by atoms with Crippen molar-refractivity contribution in [3.8, 4) is 17.4 Å². The van der Waals surface area contributed by atoms with Crippen molar-refractivity contribution in [1.82, 2.24) is 45.3 Å². The Balaban J connectivity index is 0.649. The minimum atomic E-state index is -4.96. The highest BCUT2D eigenvalue weighted by Crippen LogP contribution is 2.54. The number of rotatable bonds is 11. The molecular weight excluding hydrogens is 944 g/mol. The van der Waals surface area contributed by atoms with Gasteiger partial charge in [0.1, 0.15) is 40.1 Å². The summed E-state index contributed by atoms with van der Waals surface area (Å²) in [5, 5.41) is 5.53. The number of nitrogens with zero attached hydrogens (tertiary/aromatic N) is 9. The first-order valence-corrected chi connectivity index (χ1v) is 25.5. The highest BCUT2D eigenvalue weighted by atomic mass is 35.5. The van der Waals surface area contributed by atoms with Crippen LogP contribution in [0.2, 0.25) is 5.02 Å². The summed E-state index contributed by atoms with van der Waals surface area (Å²) >= 11 is 6.03. The smallest absolute Gasteiger partial charge is 0.420 e. The summed E-state index contributed by atoms with van der Waals surface area (Å²) in [5.41, 5.74) is 5.76. The first-order valence-electron chi connectivity index (χ1n) is 25.1. The molecule has 8 aliphatic rings. The number of nitrogens with two attached hydrogens (primary N) is 1. The molecule has 71 heavy (non-hydrogen) atoms. The highest BCUT2D eigenvalue weighted by molar-refractivity contribution is 6.32. The van der Waals surface area contributed by atoms with Gasteiger partial charge in [-0.3, -0.25) is 29.6 Å². The molecule has 7 fully saturated rings. The van der Waals surface area contributed by atoms with E-state index in [-0.39, 0.29) is 58.5 Å². The number of piperidine rings is 2. The number of likely N-dealkylation sites (tertiary alicyclic amines) is 1. The van der Waals surface area contributed by atoms with Crippen molar-refractivity contribution in [3.05, 3.63) is 58.0 Å². The van der Waals surface area contributed by atoms with E-state index in [1.807, 2.05) is 12.1 Å². The van der Waals surface area contributed by atoms with Gasteiger partial charge in [-0.05, 0) is 112 Å². The van der Waals surface area contributed by atoms with Gasteiger partial charge < -0.3 is 35.4 Å². The number of hydrogen-bond donors (Lipinski definition) is 3. The quantitative estimate of drug-likeness (QED) is 0.124.